The Labute approximate surface area is 130 Å². The highest BCUT2D eigenvalue weighted by molar-refractivity contribution is 8.00. The molecule has 2 bridgehead atoms. The van der Waals surface area contributed by atoms with Crippen molar-refractivity contribution in [3.05, 3.63) is 29.3 Å². The van der Waals surface area contributed by atoms with Crippen LogP contribution in [-0.4, -0.2) is 39.9 Å². The lowest BCUT2D eigenvalue weighted by Gasteiger charge is -2.37. The summed E-state index contributed by atoms with van der Waals surface area (Å²) in [6.07, 6.45) is 3.42. The third-order valence-corrected chi connectivity index (χ3v) is 5.83. The maximum absolute atomic E-state index is 12.6. The van der Waals surface area contributed by atoms with Crippen LogP contribution in [0.3, 0.4) is 0 Å². The first-order chi connectivity index (χ1) is 10.0. The van der Waals surface area contributed by atoms with Crippen molar-refractivity contribution in [2.45, 2.75) is 62.6 Å². The standard InChI is InChI=1S/C17H23NO2S/c1-11-3-4-12(2)16(7-11)21-10-17(20)18-13-5-6-14(18)9-15(19)8-13/h3-4,7,13-15,19H,5-6,8-10H2,1-2H3. The summed E-state index contributed by atoms with van der Waals surface area (Å²) in [6, 6.07) is 6.91. The van der Waals surface area contributed by atoms with Gasteiger partial charge < -0.3 is 10.0 Å². The summed E-state index contributed by atoms with van der Waals surface area (Å²) in [7, 11) is 0. The zero-order chi connectivity index (χ0) is 15.0. The zero-order valence-corrected chi connectivity index (χ0v) is 13.5. The molecule has 1 N–H and O–H groups in total. The third-order valence-electron chi connectivity index (χ3n) is 4.69. The summed E-state index contributed by atoms with van der Waals surface area (Å²) in [6.45, 7) is 4.17. The van der Waals surface area contributed by atoms with Crippen molar-refractivity contribution in [1.29, 1.82) is 0 Å². The molecule has 0 aliphatic carbocycles. The number of piperidine rings is 1. The Morgan fingerprint density at radius 1 is 1.29 bits per heavy atom. The minimum absolute atomic E-state index is 0.210. The van der Waals surface area contributed by atoms with Crippen molar-refractivity contribution >= 4 is 17.7 Å². The van der Waals surface area contributed by atoms with Crippen molar-refractivity contribution < 1.29 is 9.90 Å². The van der Waals surface area contributed by atoms with Crippen LogP contribution in [0, 0.1) is 13.8 Å². The molecule has 2 fully saturated rings. The SMILES string of the molecule is Cc1ccc(C)c(SCC(=O)N2C3CCC2CC(O)C3)c1. The van der Waals surface area contributed by atoms with Gasteiger partial charge in [0.25, 0.3) is 0 Å². The fourth-order valence-corrected chi connectivity index (χ4v) is 4.63. The molecule has 2 aliphatic heterocycles. The molecule has 0 aromatic heterocycles. The molecule has 2 atom stereocenters. The first-order valence-electron chi connectivity index (χ1n) is 7.74. The van der Waals surface area contributed by atoms with Gasteiger partial charge in [-0.05, 0) is 51.2 Å². The van der Waals surface area contributed by atoms with E-state index in [0.717, 1.165) is 25.7 Å². The number of benzene rings is 1. The molecule has 0 spiro atoms. The molecular formula is C17H23NO2S. The quantitative estimate of drug-likeness (QED) is 0.873. The Kier molecular flexibility index (Phi) is 4.27. The number of carbonyl (C=O) groups is 1. The molecule has 0 saturated carbocycles. The Morgan fingerprint density at radius 3 is 2.62 bits per heavy atom. The minimum atomic E-state index is -0.210. The summed E-state index contributed by atoms with van der Waals surface area (Å²) in [5, 5.41) is 9.82. The van der Waals surface area contributed by atoms with Gasteiger partial charge in [0.15, 0.2) is 0 Å². The molecule has 114 valence electrons. The van der Waals surface area contributed by atoms with Gasteiger partial charge in [0, 0.05) is 17.0 Å². The molecule has 1 aromatic rings. The number of amides is 1. The first kappa shape index (κ1) is 14.9. The van der Waals surface area contributed by atoms with Gasteiger partial charge in [-0.2, -0.15) is 0 Å². The van der Waals surface area contributed by atoms with Gasteiger partial charge in [-0.3, -0.25) is 4.79 Å². The number of carbonyl (C=O) groups excluding carboxylic acids is 1. The predicted octanol–water partition coefficient (Wildman–Crippen LogP) is 2.91. The van der Waals surface area contributed by atoms with Crippen LogP contribution in [0.2, 0.25) is 0 Å². The van der Waals surface area contributed by atoms with E-state index < -0.39 is 0 Å². The van der Waals surface area contributed by atoms with Crippen LogP contribution in [0.4, 0.5) is 0 Å². The van der Waals surface area contributed by atoms with Gasteiger partial charge in [0.05, 0.1) is 11.9 Å². The molecule has 2 heterocycles. The van der Waals surface area contributed by atoms with Crippen molar-refractivity contribution in [3.8, 4) is 0 Å². The monoisotopic (exact) mass is 305 g/mol. The molecule has 0 radical (unpaired) electrons. The van der Waals surface area contributed by atoms with Crippen molar-refractivity contribution in [2.24, 2.45) is 0 Å². The summed E-state index contributed by atoms with van der Waals surface area (Å²) < 4.78 is 0. The maximum Gasteiger partial charge on any atom is 0.233 e. The lowest BCUT2D eigenvalue weighted by molar-refractivity contribution is -0.134. The van der Waals surface area contributed by atoms with E-state index in [9.17, 15) is 9.90 Å². The van der Waals surface area contributed by atoms with E-state index in [0.29, 0.717) is 5.75 Å². The number of fused-ring (bicyclic) bond motifs is 2. The van der Waals surface area contributed by atoms with E-state index in [1.807, 2.05) is 0 Å². The first-order valence-corrected chi connectivity index (χ1v) is 8.72. The third kappa shape index (κ3) is 3.11. The van der Waals surface area contributed by atoms with Gasteiger partial charge in [0.1, 0.15) is 0 Å². The van der Waals surface area contributed by atoms with Crippen LogP contribution in [0.5, 0.6) is 0 Å². The van der Waals surface area contributed by atoms with E-state index >= 15 is 0 Å². The van der Waals surface area contributed by atoms with Gasteiger partial charge in [-0.15, -0.1) is 11.8 Å². The topological polar surface area (TPSA) is 40.5 Å². The van der Waals surface area contributed by atoms with Crippen LogP contribution >= 0.6 is 11.8 Å². The van der Waals surface area contributed by atoms with E-state index in [4.69, 9.17) is 0 Å². The van der Waals surface area contributed by atoms with E-state index in [1.165, 1.54) is 16.0 Å². The number of rotatable bonds is 3. The molecule has 2 aliphatic rings. The van der Waals surface area contributed by atoms with Crippen LogP contribution in [-0.2, 0) is 4.79 Å². The van der Waals surface area contributed by atoms with Crippen molar-refractivity contribution in [1.82, 2.24) is 4.90 Å². The van der Waals surface area contributed by atoms with Gasteiger partial charge in [-0.1, -0.05) is 17.7 Å². The number of nitrogens with zero attached hydrogens (tertiary/aromatic N) is 1. The van der Waals surface area contributed by atoms with E-state index in [2.05, 4.69) is 36.9 Å². The number of hydrogen-bond acceptors (Lipinski definition) is 3. The summed E-state index contributed by atoms with van der Waals surface area (Å²) in [5.41, 5.74) is 2.46. The fourth-order valence-electron chi connectivity index (χ4n) is 3.63. The second-order valence-electron chi connectivity index (χ2n) is 6.37. The van der Waals surface area contributed by atoms with Crippen LogP contribution in [0.15, 0.2) is 23.1 Å². The number of aryl methyl sites for hydroxylation is 2. The highest BCUT2D eigenvalue weighted by Gasteiger charge is 2.42. The lowest BCUT2D eigenvalue weighted by atomic mass is 10.00. The van der Waals surface area contributed by atoms with Gasteiger partial charge in [0.2, 0.25) is 5.91 Å². The normalized spacial score (nSPS) is 28.0. The second kappa shape index (κ2) is 6.01. The summed E-state index contributed by atoms with van der Waals surface area (Å²) in [4.78, 5) is 15.8. The number of thioether (sulfide) groups is 1. The van der Waals surface area contributed by atoms with Crippen molar-refractivity contribution in [3.63, 3.8) is 0 Å². The molecule has 1 aromatic carbocycles. The molecule has 21 heavy (non-hydrogen) atoms. The van der Waals surface area contributed by atoms with E-state index in [1.54, 1.807) is 11.8 Å². The molecule has 2 saturated heterocycles. The maximum atomic E-state index is 12.6. The fraction of sp³-hybridized carbons (Fsp3) is 0.588. The molecule has 3 rings (SSSR count). The van der Waals surface area contributed by atoms with Crippen molar-refractivity contribution in [2.75, 3.05) is 5.75 Å². The molecule has 3 nitrogen and oxygen atoms in total. The lowest BCUT2D eigenvalue weighted by Crippen LogP contribution is -2.48. The number of hydrogen-bond donors (Lipinski definition) is 1. The Hall–Kier alpha value is -1.00. The number of aliphatic hydroxyl groups is 1. The highest BCUT2D eigenvalue weighted by atomic mass is 32.2. The molecular weight excluding hydrogens is 282 g/mol. The van der Waals surface area contributed by atoms with Crippen LogP contribution in [0.1, 0.15) is 36.8 Å². The highest BCUT2D eigenvalue weighted by Crippen LogP contribution is 2.36. The average molecular weight is 305 g/mol. The predicted molar refractivity (Wildman–Crippen MR) is 85.5 cm³/mol. The Bertz CT molecular complexity index is 532. The minimum Gasteiger partial charge on any atom is -0.393 e. The van der Waals surface area contributed by atoms with Gasteiger partial charge in [-0.25, -0.2) is 0 Å². The number of aliphatic hydroxyl groups excluding tert-OH is 1. The van der Waals surface area contributed by atoms with Crippen LogP contribution < -0.4 is 0 Å². The smallest absolute Gasteiger partial charge is 0.233 e. The zero-order valence-electron chi connectivity index (χ0n) is 12.7. The molecule has 2 unspecified atom stereocenters. The largest absolute Gasteiger partial charge is 0.393 e. The summed E-state index contributed by atoms with van der Waals surface area (Å²) >= 11 is 1.64. The molecule has 4 heteroatoms. The van der Waals surface area contributed by atoms with Gasteiger partial charge >= 0.3 is 0 Å². The van der Waals surface area contributed by atoms with E-state index in [-0.39, 0.29) is 24.1 Å². The second-order valence-corrected chi connectivity index (χ2v) is 7.39. The molecule has 1 amide bonds. The summed E-state index contributed by atoms with van der Waals surface area (Å²) in [5.74, 6) is 0.744. The Morgan fingerprint density at radius 2 is 1.95 bits per heavy atom. The Balaban J connectivity index is 1.63. The van der Waals surface area contributed by atoms with Crippen LogP contribution in [0.25, 0.3) is 0 Å². The average Bonchev–Trinajstić information content (AvgIpc) is 2.72.